The molecule has 166 valence electrons. The smallest absolute Gasteiger partial charge is 0.415 e. The van der Waals surface area contributed by atoms with Crippen LogP contribution >= 0.6 is 0 Å². The average molecular weight is 445 g/mol. The van der Waals surface area contributed by atoms with Crippen molar-refractivity contribution >= 4 is 21.6 Å². The molecule has 0 bridgehead atoms. The summed E-state index contributed by atoms with van der Waals surface area (Å²) in [5, 5.41) is 0. The van der Waals surface area contributed by atoms with E-state index >= 15 is 0 Å². The van der Waals surface area contributed by atoms with Crippen LogP contribution in [0.1, 0.15) is 24.3 Å². The zero-order chi connectivity index (χ0) is 21.8. The summed E-state index contributed by atoms with van der Waals surface area (Å²) in [6.45, 7) is 2.22. The molecule has 2 heterocycles. The van der Waals surface area contributed by atoms with Gasteiger partial charge in [-0.15, -0.1) is 0 Å². The van der Waals surface area contributed by atoms with E-state index in [-0.39, 0.29) is 17.6 Å². The molecule has 8 heteroatoms. The molecule has 0 unspecified atom stereocenters. The summed E-state index contributed by atoms with van der Waals surface area (Å²) in [4.78, 5) is 16.4. The van der Waals surface area contributed by atoms with Gasteiger partial charge in [0.05, 0.1) is 18.6 Å². The average Bonchev–Trinajstić information content (AvgIpc) is 2.79. The molecule has 7 nitrogen and oxygen atoms in total. The molecule has 2 fully saturated rings. The van der Waals surface area contributed by atoms with Crippen LogP contribution in [0.4, 0.5) is 10.5 Å². The van der Waals surface area contributed by atoms with Gasteiger partial charge < -0.3 is 19.3 Å². The number of anilines is 1. The van der Waals surface area contributed by atoms with Gasteiger partial charge in [-0.3, -0.25) is 0 Å². The lowest BCUT2D eigenvalue weighted by molar-refractivity contribution is 0.138. The van der Waals surface area contributed by atoms with Crippen molar-refractivity contribution in [3.05, 3.63) is 54.1 Å². The molecule has 2 aliphatic heterocycles. The third kappa shape index (κ3) is 5.31. The number of benzene rings is 2. The minimum absolute atomic E-state index is 0.153. The van der Waals surface area contributed by atoms with Gasteiger partial charge in [0.2, 0.25) is 0 Å². The van der Waals surface area contributed by atoms with Gasteiger partial charge in [-0.1, -0.05) is 18.2 Å². The van der Waals surface area contributed by atoms with Gasteiger partial charge in [-0.2, -0.15) is 0 Å². The van der Waals surface area contributed by atoms with Crippen molar-refractivity contribution in [3.8, 4) is 11.5 Å². The highest BCUT2D eigenvalue weighted by atomic mass is 32.2. The molecule has 0 spiro atoms. The predicted molar refractivity (Wildman–Crippen MR) is 120 cm³/mol. The zero-order valence-electron chi connectivity index (χ0n) is 17.7. The van der Waals surface area contributed by atoms with Crippen molar-refractivity contribution in [2.75, 3.05) is 49.7 Å². The predicted octanol–water partition coefficient (Wildman–Crippen LogP) is 3.31. The number of hydrogen-bond donors (Lipinski definition) is 0. The van der Waals surface area contributed by atoms with Gasteiger partial charge in [0.1, 0.15) is 11.5 Å². The second-order valence-corrected chi connectivity index (χ2v) is 10.3. The van der Waals surface area contributed by atoms with Gasteiger partial charge in [-0.05, 0) is 48.6 Å². The molecule has 0 aliphatic carbocycles. The van der Waals surface area contributed by atoms with E-state index in [4.69, 9.17) is 9.47 Å². The number of nitrogens with zero attached hydrogens (tertiary/aromatic N) is 2. The number of carbonyl (C=O) groups excluding carboxylic acids is 1. The van der Waals surface area contributed by atoms with Crippen molar-refractivity contribution in [1.29, 1.82) is 0 Å². The summed E-state index contributed by atoms with van der Waals surface area (Å²) in [7, 11) is -1.28. The van der Waals surface area contributed by atoms with Gasteiger partial charge in [-0.25, -0.2) is 13.2 Å². The Hall–Kier alpha value is -2.74. The minimum atomic E-state index is -2.94. The van der Waals surface area contributed by atoms with Gasteiger partial charge in [0.25, 0.3) is 0 Å². The number of hydrogen-bond acceptors (Lipinski definition) is 6. The molecule has 4 rings (SSSR count). The normalized spacial score (nSPS) is 19.1. The Kier molecular flexibility index (Phi) is 6.36. The number of likely N-dealkylation sites (tertiary alicyclic amines) is 1. The third-order valence-corrected chi connectivity index (χ3v) is 7.68. The highest BCUT2D eigenvalue weighted by molar-refractivity contribution is 7.91. The number of amides is 1. The lowest BCUT2D eigenvalue weighted by Crippen LogP contribution is -2.40. The Morgan fingerprint density at radius 1 is 0.935 bits per heavy atom. The first-order chi connectivity index (χ1) is 14.9. The van der Waals surface area contributed by atoms with Crippen LogP contribution in [0.15, 0.2) is 48.5 Å². The van der Waals surface area contributed by atoms with E-state index in [1.165, 1.54) is 5.56 Å². The molecule has 0 saturated carbocycles. The Morgan fingerprint density at radius 2 is 1.61 bits per heavy atom. The Balaban J connectivity index is 1.32. The van der Waals surface area contributed by atoms with Crippen LogP contribution in [0.3, 0.4) is 0 Å². The molecule has 2 aliphatic rings. The molecule has 0 N–H and O–H groups in total. The molecule has 0 aromatic heterocycles. The maximum atomic E-state index is 12.7. The molecule has 2 aromatic rings. The first kappa shape index (κ1) is 21.5. The van der Waals surface area contributed by atoms with Crippen LogP contribution in [0.25, 0.3) is 0 Å². The summed E-state index contributed by atoms with van der Waals surface area (Å²) in [5.74, 6) is 2.06. The number of rotatable bonds is 4. The van der Waals surface area contributed by atoms with E-state index in [9.17, 15) is 13.2 Å². The van der Waals surface area contributed by atoms with E-state index < -0.39 is 9.84 Å². The Labute approximate surface area is 183 Å². The first-order valence-electron chi connectivity index (χ1n) is 10.6. The molecule has 2 aromatic carbocycles. The monoisotopic (exact) mass is 444 g/mol. The SMILES string of the molecule is COc1ccc(C2CCN(C(=O)Oc3cccc(N4CCS(=O)(=O)CC4)c3)CC2)cc1. The Bertz CT molecular complexity index is 1000. The largest absolute Gasteiger partial charge is 0.497 e. The fourth-order valence-corrected chi connectivity index (χ4v) is 5.35. The Morgan fingerprint density at radius 3 is 2.26 bits per heavy atom. The number of methoxy groups -OCH3 is 1. The van der Waals surface area contributed by atoms with Crippen molar-refractivity contribution in [1.82, 2.24) is 4.90 Å². The number of carbonyl (C=O) groups is 1. The topological polar surface area (TPSA) is 76.2 Å². The molecular weight excluding hydrogens is 416 g/mol. The van der Waals surface area contributed by atoms with Crippen LogP contribution in [0.2, 0.25) is 0 Å². The first-order valence-corrected chi connectivity index (χ1v) is 12.4. The zero-order valence-corrected chi connectivity index (χ0v) is 18.5. The van der Waals surface area contributed by atoms with Gasteiger partial charge in [0.15, 0.2) is 9.84 Å². The molecule has 2 saturated heterocycles. The summed E-state index contributed by atoms with van der Waals surface area (Å²) in [6.07, 6.45) is 1.44. The fraction of sp³-hybridized carbons (Fsp3) is 0.435. The lowest BCUT2D eigenvalue weighted by atomic mass is 9.89. The second kappa shape index (κ2) is 9.18. The molecular formula is C23H28N2O5S. The fourth-order valence-electron chi connectivity index (χ4n) is 4.15. The van der Waals surface area contributed by atoms with Crippen molar-refractivity contribution in [2.24, 2.45) is 0 Å². The maximum Gasteiger partial charge on any atom is 0.415 e. The van der Waals surface area contributed by atoms with Crippen LogP contribution in [-0.4, -0.2) is 64.2 Å². The summed E-state index contributed by atoms with van der Waals surface area (Å²) in [6, 6.07) is 15.4. The molecule has 1 amide bonds. The number of ether oxygens (including phenoxy) is 2. The number of piperidine rings is 1. The third-order valence-electron chi connectivity index (χ3n) is 6.07. The summed E-state index contributed by atoms with van der Waals surface area (Å²) in [5.41, 5.74) is 2.14. The van der Waals surface area contributed by atoms with E-state index in [0.717, 1.165) is 24.3 Å². The van der Waals surface area contributed by atoms with Crippen molar-refractivity contribution in [2.45, 2.75) is 18.8 Å². The number of sulfone groups is 1. The van der Waals surface area contributed by atoms with Crippen LogP contribution < -0.4 is 14.4 Å². The maximum absolute atomic E-state index is 12.7. The van der Waals surface area contributed by atoms with Crippen molar-refractivity contribution < 1.29 is 22.7 Å². The van der Waals surface area contributed by atoms with Crippen LogP contribution in [-0.2, 0) is 9.84 Å². The minimum Gasteiger partial charge on any atom is -0.497 e. The second-order valence-electron chi connectivity index (χ2n) is 8.04. The van der Waals surface area contributed by atoms with Gasteiger partial charge >= 0.3 is 6.09 Å². The lowest BCUT2D eigenvalue weighted by Gasteiger charge is -2.32. The van der Waals surface area contributed by atoms with E-state index in [2.05, 4.69) is 12.1 Å². The standard InChI is InChI=1S/C23H28N2O5S/c1-29-21-7-5-18(6-8-21)19-9-11-25(12-10-19)23(26)30-22-4-2-3-20(17-22)24-13-15-31(27,28)16-14-24/h2-8,17,19H,9-16H2,1H3. The summed E-state index contributed by atoms with van der Waals surface area (Å²) < 4.78 is 34.1. The molecule has 0 atom stereocenters. The summed E-state index contributed by atoms with van der Waals surface area (Å²) >= 11 is 0. The van der Waals surface area contributed by atoms with E-state index in [0.29, 0.717) is 37.8 Å². The van der Waals surface area contributed by atoms with Gasteiger partial charge in [0, 0.05) is 37.9 Å². The van der Waals surface area contributed by atoms with E-state index in [1.54, 1.807) is 24.1 Å². The quantitative estimate of drug-likeness (QED) is 0.720. The van der Waals surface area contributed by atoms with Crippen molar-refractivity contribution in [3.63, 3.8) is 0 Å². The highest BCUT2D eigenvalue weighted by Gasteiger charge is 2.26. The van der Waals surface area contributed by atoms with E-state index in [1.807, 2.05) is 29.2 Å². The van der Waals surface area contributed by atoms with Crippen LogP contribution in [0.5, 0.6) is 11.5 Å². The molecule has 31 heavy (non-hydrogen) atoms. The highest BCUT2D eigenvalue weighted by Crippen LogP contribution is 2.30. The molecule has 0 radical (unpaired) electrons. The van der Waals surface area contributed by atoms with Crippen LogP contribution in [0, 0.1) is 0 Å².